The third-order valence-electron chi connectivity index (χ3n) is 10.7. The Morgan fingerprint density at radius 1 is 0.696 bits per heavy atom. The summed E-state index contributed by atoms with van der Waals surface area (Å²) in [6.07, 6.45) is 1.64. The lowest BCUT2D eigenvalue weighted by molar-refractivity contribution is -0.118. The average Bonchev–Trinajstić information content (AvgIpc) is 3.60. The van der Waals surface area contributed by atoms with Crippen LogP contribution in [0.1, 0.15) is 48.0 Å². The number of ether oxygens (including phenoxy) is 1. The van der Waals surface area contributed by atoms with Crippen molar-refractivity contribution in [2.75, 3.05) is 7.11 Å². The number of benzene rings is 4. The first-order valence-electron chi connectivity index (χ1n) is 15.2. The highest BCUT2D eigenvalue weighted by molar-refractivity contribution is 6.29. The van der Waals surface area contributed by atoms with Crippen molar-refractivity contribution in [3.05, 3.63) is 155 Å². The molecule has 0 amide bonds. The summed E-state index contributed by atoms with van der Waals surface area (Å²) in [7, 11) is 1.42. The Balaban J connectivity index is 1.52. The molecule has 7 nitrogen and oxygen atoms in total. The molecule has 2 heterocycles. The van der Waals surface area contributed by atoms with Gasteiger partial charge in [-0.1, -0.05) is 84.9 Å². The van der Waals surface area contributed by atoms with Crippen LogP contribution in [0.4, 0.5) is 0 Å². The molecular formula is C39H26N2O5. The number of ketones is 3. The maximum absolute atomic E-state index is 15.5. The fourth-order valence-corrected chi connectivity index (χ4v) is 9.22. The molecule has 2 aromatic heterocycles. The fraction of sp³-hybridized carbons (Fsp3) is 0.154. The van der Waals surface area contributed by atoms with Gasteiger partial charge in [0.2, 0.25) is 0 Å². The molecule has 5 unspecified atom stereocenters. The number of carbonyl (C=O) groups is 3. The van der Waals surface area contributed by atoms with E-state index >= 15 is 14.4 Å². The van der Waals surface area contributed by atoms with E-state index in [1.165, 1.54) is 19.5 Å². The van der Waals surface area contributed by atoms with Crippen LogP contribution in [0, 0.1) is 5.92 Å². The number of nitrogens with zero attached hydrogens (tertiary/aromatic N) is 2. The number of aliphatic hydroxyl groups is 1. The van der Waals surface area contributed by atoms with Crippen molar-refractivity contribution in [3.8, 4) is 0 Å². The number of fused-ring (bicyclic) bond motifs is 2. The van der Waals surface area contributed by atoms with Crippen LogP contribution in [0.25, 0.3) is 21.5 Å². The average molecular weight is 603 g/mol. The normalized spacial score (nSPS) is 27.4. The van der Waals surface area contributed by atoms with Gasteiger partial charge in [-0.15, -0.1) is 0 Å². The largest absolute Gasteiger partial charge is 0.379 e. The highest BCUT2D eigenvalue weighted by atomic mass is 16.5. The molecule has 3 aliphatic carbocycles. The van der Waals surface area contributed by atoms with Crippen LogP contribution in [0.3, 0.4) is 0 Å². The third-order valence-corrected chi connectivity index (χ3v) is 10.7. The van der Waals surface area contributed by atoms with Gasteiger partial charge in [-0.05, 0) is 56.9 Å². The van der Waals surface area contributed by atoms with Crippen LogP contribution in [0.15, 0.2) is 122 Å². The van der Waals surface area contributed by atoms with E-state index in [0.717, 1.165) is 10.8 Å². The quantitative estimate of drug-likeness (QED) is 0.256. The van der Waals surface area contributed by atoms with E-state index in [4.69, 9.17) is 4.74 Å². The zero-order chi connectivity index (χ0) is 31.4. The van der Waals surface area contributed by atoms with Crippen LogP contribution >= 0.6 is 0 Å². The van der Waals surface area contributed by atoms with E-state index in [-0.39, 0.29) is 17.2 Å². The van der Waals surface area contributed by atoms with Gasteiger partial charge in [-0.2, -0.15) is 0 Å². The van der Waals surface area contributed by atoms with Gasteiger partial charge in [-0.3, -0.25) is 24.4 Å². The summed E-state index contributed by atoms with van der Waals surface area (Å²) in [6.45, 7) is 0. The Kier molecular flexibility index (Phi) is 5.34. The Labute approximate surface area is 263 Å². The third kappa shape index (κ3) is 2.81. The van der Waals surface area contributed by atoms with Gasteiger partial charge in [0.05, 0.1) is 11.6 Å². The molecule has 222 valence electrons. The molecule has 6 aromatic rings. The SMILES string of the molecule is COC1C2(C(=O)c3cccc4cccc2c34)C(C(=O)c2ccccn2)C2(C(=O)c3cccc4cccc2c34)C1(O)c1ccccn1. The lowest BCUT2D eigenvalue weighted by Gasteiger charge is -2.42. The number of methoxy groups -OCH3 is 1. The van der Waals surface area contributed by atoms with Crippen molar-refractivity contribution in [2.45, 2.75) is 22.5 Å². The van der Waals surface area contributed by atoms with Crippen molar-refractivity contribution < 1.29 is 24.2 Å². The minimum Gasteiger partial charge on any atom is -0.379 e. The van der Waals surface area contributed by atoms with Crippen molar-refractivity contribution in [1.29, 1.82) is 0 Å². The summed E-state index contributed by atoms with van der Waals surface area (Å²) in [5.41, 5.74) is -4.16. The van der Waals surface area contributed by atoms with Crippen LogP contribution < -0.4 is 0 Å². The van der Waals surface area contributed by atoms with Crippen LogP contribution in [0.2, 0.25) is 0 Å². The zero-order valence-electron chi connectivity index (χ0n) is 24.7. The van der Waals surface area contributed by atoms with Gasteiger partial charge >= 0.3 is 0 Å². The van der Waals surface area contributed by atoms with E-state index < -0.39 is 40.0 Å². The number of carbonyl (C=O) groups excluding carboxylic acids is 3. The van der Waals surface area contributed by atoms with Crippen LogP contribution in [-0.2, 0) is 21.2 Å². The minimum atomic E-state index is -2.29. The standard InChI is InChI=1S/C39H26N2O5/c1-46-36-37(26-16-8-12-22-10-6-14-24(30(22)26)34(37)43)33(32(42)28-18-2-4-20-40-28)38(39(36,45)29-19-3-5-21-41-29)27-17-9-13-23-11-7-15-25(31(23)27)35(38)44/h2-21,33,36,45H,1H3. The van der Waals surface area contributed by atoms with Gasteiger partial charge < -0.3 is 9.84 Å². The number of hydrogen-bond donors (Lipinski definition) is 1. The number of hydrogen-bond acceptors (Lipinski definition) is 7. The lowest BCUT2D eigenvalue weighted by Crippen LogP contribution is -2.57. The predicted octanol–water partition coefficient (Wildman–Crippen LogP) is 5.77. The number of Topliss-reactive ketones (excluding diaryl/α,β-unsaturated/α-hetero) is 3. The highest BCUT2D eigenvalue weighted by Gasteiger charge is 2.85. The van der Waals surface area contributed by atoms with E-state index in [9.17, 15) is 5.11 Å². The number of aromatic nitrogens is 2. The zero-order valence-corrected chi connectivity index (χ0v) is 24.7. The Bertz CT molecular complexity index is 2290. The molecular weight excluding hydrogens is 576 g/mol. The monoisotopic (exact) mass is 602 g/mol. The molecule has 4 aromatic carbocycles. The van der Waals surface area contributed by atoms with Crippen molar-refractivity contribution in [2.24, 2.45) is 5.92 Å². The summed E-state index contributed by atoms with van der Waals surface area (Å²) in [6, 6.07) is 32.1. The minimum absolute atomic E-state index is 0.0817. The molecule has 1 fully saturated rings. The molecule has 0 saturated heterocycles. The summed E-state index contributed by atoms with van der Waals surface area (Å²) in [5.74, 6) is -2.85. The second-order valence-electron chi connectivity index (χ2n) is 12.4. The second-order valence-corrected chi connectivity index (χ2v) is 12.4. The van der Waals surface area contributed by atoms with E-state index in [1.54, 1.807) is 60.7 Å². The van der Waals surface area contributed by atoms with Crippen molar-refractivity contribution in [3.63, 3.8) is 0 Å². The lowest BCUT2D eigenvalue weighted by atomic mass is 9.58. The Morgan fingerprint density at radius 2 is 1.28 bits per heavy atom. The molecule has 1 N–H and O–H groups in total. The summed E-state index contributed by atoms with van der Waals surface area (Å²) < 4.78 is 6.36. The molecule has 7 heteroatoms. The van der Waals surface area contributed by atoms with Crippen molar-refractivity contribution >= 4 is 38.9 Å². The van der Waals surface area contributed by atoms with Crippen LogP contribution in [0.5, 0.6) is 0 Å². The van der Waals surface area contributed by atoms with Crippen molar-refractivity contribution in [1.82, 2.24) is 9.97 Å². The molecule has 46 heavy (non-hydrogen) atoms. The first-order chi connectivity index (χ1) is 22.4. The second kappa shape index (κ2) is 9.10. The van der Waals surface area contributed by atoms with E-state index in [1.807, 2.05) is 48.5 Å². The first kappa shape index (κ1) is 27.0. The first-order valence-corrected chi connectivity index (χ1v) is 15.2. The van der Waals surface area contributed by atoms with E-state index in [2.05, 4.69) is 9.97 Å². The van der Waals surface area contributed by atoms with Gasteiger partial charge in [0.15, 0.2) is 23.0 Å². The molecule has 5 atom stereocenters. The summed E-state index contributed by atoms with van der Waals surface area (Å²) in [5, 5.41) is 16.7. The fourth-order valence-electron chi connectivity index (χ4n) is 9.22. The molecule has 1 saturated carbocycles. The molecule has 0 radical (unpaired) electrons. The highest BCUT2D eigenvalue weighted by Crippen LogP contribution is 2.72. The van der Waals surface area contributed by atoms with Gasteiger partial charge in [0, 0.05) is 30.6 Å². The van der Waals surface area contributed by atoms with Gasteiger partial charge in [0.25, 0.3) is 0 Å². The molecule has 3 aliphatic rings. The maximum atomic E-state index is 15.5. The number of pyridine rings is 2. The van der Waals surface area contributed by atoms with Gasteiger partial charge in [-0.25, -0.2) is 0 Å². The Morgan fingerprint density at radius 3 is 1.89 bits per heavy atom. The predicted molar refractivity (Wildman–Crippen MR) is 171 cm³/mol. The van der Waals surface area contributed by atoms with Crippen LogP contribution in [-0.4, -0.2) is 45.6 Å². The summed E-state index contributed by atoms with van der Waals surface area (Å²) in [4.78, 5) is 55.4. The van der Waals surface area contributed by atoms with E-state index in [0.29, 0.717) is 33.0 Å². The van der Waals surface area contributed by atoms with Gasteiger partial charge in [0.1, 0.15) is 22.6 Å². The Hall–Kier alpha value is -5.37. The molecule has 9 rings (SSSR count). The maximum Gasteiger partial charge on any atom is 0.187 e. The molecule has 2 spiro atoms. The number of rotatable bonds is 4. The topological polar surface area (TPSA) is 106 Å². The molecule has 0 aliphatic heterocycles. The summed E-state index contributed by atoms with van der Waals surface area (Å²) >= 11 is 0. The smallest absolute Gasteiger partial charge is 0.187 e. The molecule has 0 bridgehead atoms.